The van der Waals surface area contributed by atoms with Crippen molar-refractivity contribution in [2.75, 3.05) is 31.7 Å². The third kappa shape index (κ3) is 5.33. The van der Waals surface area contributed by atoms with Gasteiger partial charge >= 0.3 is 0 Å². The molecular formula is C28H27N3O5. The molecule has 0 unspecified atom stereocenters. The fourth-order valence-electron chi connectivity index (χ4n) is 4.42. The van der Waals surface area contributed by atoms with Gasteiger partial charge in [-0.15, -0.1) is 0 Å². The lowest BCUT2D eigenvalue weighted by molar-refractivity contribution is -0.133. The second-order valence-electron chi connectivity index (χ2n) is 8.84. The van der Waals surface area contributed by atoms with E-state index < -0.39 is 0 Å². The summed E-state index contributed by atoms with van der Waals surface area (Å²) in [6, 6.07) is 22.5. The molecule has 0 aromatic heterocycles. The van der Waals surface area contributed by atoms with Crippen LogP contribution in [0.3, 0.4) is 0 Å². The third-order valence-electron chi connectivity index (χ3n) is 6.51. The number of hydrogen-bond acceptors (Lipinski definition) is 5. The van der Waals surface area contributed by atoms with Gasteiger partial charge in [0.25, 0.3) is 5.91 Å². The van der Waals surface area contributed by atoms with E-state index in [-0.39, 0.29) is 37.0 Å². The van der Waals surface area contributed by atoms with E-state index >= 15 is 0 Å². The number of carbonyl (C=O) groups is 3. The van der Waals surface area contributed by atoms with Gasteiger partial charge in [-0.2, -0.15) is 0 Å². The van der Waals surface area contributed by atoms with E-state index in [1.807, 2.05) is 42.5 Å². The summed E-state index contributed by atoms with van der Waals surface area (Å²) >= 11 is 0. The molecule has 36 heavy (non-hydrogen) atoms. The largest absolute Gasteiger partial charge is 0.454 e. The molecule has 2 heterocycles. The Morgan fingerprint density at radius 3 is 2.28 bits per heavy atom. The fourth-order valence-corrected chi connectivity index (χ4v) is 4.42. The number of ether oxygens (including phenoxy) is 2. The van der Waals surface area contributed by atoms with Crippen LogP contribution in [0.4, 0.5) is 5.69 Å². The van der Waals surface area contributed by atoms with Crippen LogP contribution in [0.25, 0.3) is 11.1 Å². The summed E-state index contributed by atoms with van der Waals surface area (Å²) in [7, 11) is 0. The molecule has 3 aromatic rings. The van der Waals surface area contributed by atoms with E-state index in [1.165, 1.54) is 0 Å². The minimum absolute atomic E-state index is 0.0757. The molecule has 1 fully saturated rings. The molecule has 3 amide bonds. The summed E-state index contributed by atoms with van der Waals surface area (Å²) in [5, 5.41) is 5.63. The van der Waals surface area contributed by atoms with Crippen LogP contribution in [-0.2, 0) is 9.59 Å². The molecular weight excluding hydrogens is 458 g/mol. The molecule has 3 aromatic carbocycles. The van der Waals surface area contributed by atoms with Gasteiger partial charge in [0.2, 0.25) is 18.6 Å². The Kier molecular flexibility index (Phi) is 6.84. The predicted molar refractivity (Wildman–Crippen MR) is 135 cm³/mol. The number of likely N-dealkylation sites (tertiary alicyclic amines) is 1. The molecule has 2 N–H and O–H groups in total. The quantitative estimate of drug-likeness (QED) is 0.555. The Hall–Kier alpha value is -4.33. The Labute approximate surface area is 209 Å². The molecule has 0 radical (unpaired) electrons. The second-order valence-corrected chi connectivity index (χ2v) is 8.84. The standard InChI is InChI=1S/C28H27N3O5/c32-26(17-29-27(33)21-8-6-20(7-9-21)19-4-2-1-3-5-19)31-14-12-22(13-15-31)28(34)30-23-10-11-24-25(16-23)36-18-35-24/h1-11,16,22H,12-15,17-18H2,(H,29,33)(H,30,34). The minimum Gasteiger partial charge on any atom is -0.454 e. The van der Waals surface area contributed by atoms with Crippen LogP contribution in [0.15, 0.2) is 72.8 Å². The first-order valence-electron chi connectivity index (χ1n) is 12.0. The van der Waals surface area contributed by atoms with Crippen molar-refractivity contribution in [3.63, 3.8) is 0 Å². The molecule has 8 nitrogen and oxygen atoms in total. The number of amides is 3. The van der Waals surface area contributed by atoms with Gasteiger partial charge in [-0.05, 0) is 48.2 Å². The fraction of sp³-hybridized carbons (Fsp3) is 0.250. The third-order valence-corrected chi connectivity index (χ3v) is 6.51. The lowest BCUT2D eigenvalue weighted by Crippen LogP contribution is -2.45. The number of piperidine rings is 1. The first-order valence-corrected chi connectivity index (χ1v) is 12.0. The highest BCUT2D eigenvalue weighted by Crippen LogP contribution is 2.34. The van der Waals surface area contributed by atoms with Gasteiger partial charge in [-0.25, -0.2) is 0 Å². The average Bonchev–Trinajstić information content (AvgIpc) is 3.40. The van der Waals surface area contributed by atoms with Gasteiger partial charge in [-0.1, -0.05) is 42.5 Å². The maximum atomic E-state index is 12.7. The van der Waals surface area contributed by atoms with E-state index in [9.17, 15) is 14.4 Å². The average molecular weight is 486 g/mol. The predicted octanol–water partition coefficient (Wildman–Crippen LogP) is 3.69. The summed E-state index contributed by atoms with van der Waals surface area (Å²) in [6.45, 7) is 1.05. The highest BCUT2D eigenvalue weighted by Gasteiger charge is 2.28. The molecule has 0 atom stereocenters. The van der Waals surface area contributed by atoms with Crippen LogP contribution in [-0.4, -0.2) is 49.0 Å². The Morgan fingerprint density at radius 2 is 1.53 bits per heavy atom. The number of hydrogen-bond donors (Lipinski definition) is 2. The van der Waals surface area contributed by atoms with Crippen molar-refractivity contribution < 1.29 is 23.9 Å². The van der Waals surface area contributed by atoms with Gasteiger partial charge in [0.15, 0.2) is 11.5 Å². The molecule has 8 heteroatoms. The maximum Gasteiger partial charge on any atom is 0.251 e. The molecule has 184 valence electrons. The van der Waals surface area contributed by atoms with Crippen LogP contribution in [0.5, 0.6) is 11.5 Å². The first kappa shape index (κ1) is 23.4. The van der Waals surface area contributed by atoms with E-state index in [1.54, 1.807) is 35.2 Å². The monoisotopic (exact) mass is 485 g/mol. The zero-order valence-electron chi connectivity index (χ0n) is 19.7. The van der Waals surface area contributed by atoms with E-state index in [2.05, 4.69) is 10.6 Å². The van der Waals surface area contributed by atoms with E-state index in [0.29, 0.717) is 48.7 Å². The number of benzene rings is 3. The highest BCUT2D eigenvalue weighted by atomic mass is 16.7. The number of carbonyl (C=O) groups excluding carboxylic acids is 3. The normalized spacial score (nSPS) is 14.8. The Balaban J connectivity index is 1.07. The topological polar surface area (TPSA) is 97.0 Å². The molecule has 0 aliphatic carbocycles. The summed E-state index contributed by atoms with van der Waals surface area (Å²) in [5.41, 5.74) is 3.25. The van der Waals surface area contributed by atoms with Gasteiger partial charge < -0.3 is 25.0 Å². The van der Waals surface area contributed by atoms with Crippen molar-refractivity contribution in [2.24, 2.45) is 5.92 Å². The Morgan fingerprint density at radius 1 is 0.833 bits per heavy atom. The highest BCUT2D eigenvalue weighted by molar-refractivity contribution is 5.97. The minimum atomic E-state index is -0.291. The summed E-state index contributed by atoms with van der Waals surface area (Å²) in [4.78, 5) is 39.5. The van der Waals surface area contributed by atoms with Gasteiger partial charge in [-0.3, -0.25) is 14.4 Å². The van der Waals surface area contributed by atoms with E-state index in [0.717, 1.165) is 11.1 Å². The molecule has 1 saturated heterocycles. The SMILES string of the molecule is O=C(NCC(=O)N1CCC(C(=O)Nc2ccc3c(c2)OCO3)CC1)c1ccc(-c2ccccc2)cc1. The molecule has 5 rings (SSSR count). The van der Waals surface area contributed by atoms with E-state index in [4.69, 9.17) is 9.47 Å². The number of fused-ring (bicyclic) bond motifs is 1. The zero-order valence-corrected chi connectivity index (χ0v) is 19.7. The summed E-state index contributed by atoms with van der Waals surface area (Å²) in [5.74, 6) is 0.573. The van der Waals surface area contributed by atoms with Gasteiger partial charge in [0.05, 0.1) is 6.54 Å². The van der Waals surface area contributed by atoms with Gasteiger partial charge in [0.1, 0.15) is 0 Å². The lowest BCUT2D eigenvalue weighted by Gasteiger charge is -2.31. The number of nitrogens with zero attached hydrogens (tertiary/aromatic N) is 1. The van der Waals surface area contributed by atoms with Crippen molar-refractivity contribution in [2.45, 2.75) is 12.8 Å². The lowest BCUT2D eigenvalue weighted by atomic mass is 9.95. The van der Waals surface area contributed by atoms with Crippen LogP contribution >= 0.6 is 0 Å². The van der Waals surface area contributed by atoms with Crippen molar-refractivity contribution in [1.82, 2.24) is 10.2 Å². The second kappa shape index (κ2) is 10.5. The molecule has 0 spiro atoms. The molecule has 2 aliphatic heterocycles. The molecule has 0 bridgehead atoms. The summed E-state index contributed by atoms with van der Waals surface area (Å²) in [6.07, 6.45) is 1.13. The van der Waals surface area contributed by atoms with Crippen molar-refractivity contribution >= 4 is 23.4 Å². The maximum absolute atomic E-state index is 12.7. The first-order chi connectivity index (χ1) is 17.6. The summed E-state index contributed by atoms with van der Waals surface area (Å²) < 4.78 is 10.6. The van der Waals surface area contributed by atoms with Crippen molar-refractivity contribution in [3.8, 4) is 22.6 Å². The van der Waals surface area contributed by atoms with Crippen LogP contribution in [0.2, 0.25) is 0 Å². The molecule has 2 aliphatic rings. The van der Waals surface area contributed by atoms with Crippen LogP contribution in [0, 0.1) is 5.92 Å². The number of nitrogens with one attached hydrogen (secondary N) is 2. The number of anilines is 1. The van der Waals surface area contributed by atoms with Crippen LogP contribution < -0.4 is 20.1 Å². The van der Waals surface area contributed by atoms with Gasteiger partial charge in [0, 0.05) is 36.3 Å². The molecule has 0 saturated carbocycles. The zero-order chi connectivity index (χ0) is 24.9. The van der Waals surface area contributed by atoms with Crippen molar-refractivity contribution in [3.05, 3.63) is 78.4 Å². The van der Waals surface area contributed by atoms with Crippen LogP contribution in [0.1, 0.15) is 23.2 Å². The Bertz CT molecular complexity index is 1250. The van der Waals surface area contributed by atoms with Crippen molar-refractivity contribution in [1.29, 1.82) is 0 Å². The number of rotatable bonds is 6. The smallest absolute Gasteiger partial charge is 0.251 e.